The summed E-state index contributed by atoms with van der Waals surface area (Å²) in [4.78, 5) is 22.6. The number of hydrogen-bond donors (Lipinski definition) is 1. The molecule has 0 aliphatic carbocycles. The smallest absolute Gasteiger partial charge is 0.414 e. The van der Waals surface area contributed by atoms with E-state index < -0.39 is 0 Å². The fourth-order valence-corrected chi connectivity index (χ4v) is 4.95. The van der Waals surface area contributed by atoms with Gasteiger partial charge in [-0.25, -0.2) is 14.6 Å². The number of benzene rings is 2. The molecule has 0 bridgehead atoms. The van der Waals surface area contributed by atoms with Gasteiger partial charge in [-0.05, 0) is 56.2 Å². The lowest BCUT2D eigenvalue weighted by atomic mass is 10.1. The molecule has 2 aliphatic rings. The number of aromatic nitrogens is 3. The molecule has 4 aromatic rings. The Hall–Kier alpha value is -4.35. The van der Waals surface area contributed by atoms with Gasteiger partial charge in [0.2, 0.25) is 0 Å². The number of nitrogens with one attached hydrogen (secondary N) is 1. The molecule has 0 radical (unpaired) electrons. The van der Waals surface area contributed by atoms with E-state index >= 15 is 0 Å². The fourth-order valence-electron chi connectivity index (χ4n) is 4.95. The lowest BCUT2D eigenvalue weighted by Crippen LogP contribution is -2.42. The van der Waals surface area contributed by atoms with Gasteiger partial charge in [-0.1, -0.05) is 24.3 Å². The molecule has 2 aliphatic heterocycles. The van der Waals surface area contributed by atoms with Crippen molar-refractivity contribution in [1.29, 1.82) is 0 Å². The third-order valence-electron chi connectivity index (χ3n) is 6.81. The fraction of sp³-hybridized carbons (Fsp3) is 0.276. The summed E-state index contributed by atoms with van der Waals surface area (Å²) in [6.07, 6.45) is 5.40. The molecule has 1 saturated heterocycles. The first-order valence-corrected chi connectivity index (χ1v) is 12.4. The van der Waals surface area contributed by atoms with Gasteiger partial charge in [0.25, 0.3) is 0 Å². The van der Waals surface area contributed by atoms with E-state index in [4.69, 9.17) is 11.3 Å². The standard InChI is InChI=1S/C29H28N6O2/c1-29(2,3)32-15-24-18-35(28(36)37-24)23-9-10-25-21(13-23)17-33-16-20(19-5-7-22(30-4)8-6-19)14-26(33)27-31-11-12-34(25)27/h5-14,16,24,32H,15,17-18H2,1-3H3/t24-/m1/s1. The molecule has 1 atom stereocenters. The molecule has 0 unspecified atom stereocenters. The molecule has 6 rings (SSSR count). The zero-order valence-corrected chi connectivity index (χ0v) is 21.1. The van der Waals surface area contributed by atoms with Gasteiger partial charge in [0, 0.05) is 48.5 Å². The van der Waals surface area contributed by atoms with E-state index in [0.29, 0.717) is 25.3 Å². The van der Waals surface area contributed by atoms with Gasteiger partial charge in [0.1, 0.15) is 6.10 Å². The summed E-state index contributed by atoms with van der Waals surface area (Å²) in [5.41, 5.74) is 6.67. The maximum absolute atomic E-state index is 12.7. The maximum atomic E-state index is 12.7. The van der Waals surface area contributed by atoms with Crippen LogP contribution in [0.15, 0.2) is 67.1 Å². The van der Waals surface area contributed by atoms with Gasteiger partial charge in [0.05, 0.1) is 24.5 Å². The number of rotatable bonds is 4. The minimum absolute atomic E-state index is 0.0429. The van der Waals surface area contributed by atoms with Gasteiger partial charge in [-0.15, -0.1) is 0 Å². The Labute approximate surface area is 215 Å². The van der Waals surface area contributed by atoms with Crippen molar-refractivity contribution in [2.75, 3.05) is 18.0 Å². The first-order valence-electron chi connectivity index (χ1n) is 12.4. The Balaban J connectivity index is 1.33. The molecule has 0 spiro atoms. The molecule has 8 heteroatoms. The molecule has 1 N–H and O–H groups in total. The van der Waals surface area contributed by atoms with E-state index in [1.165, 1.54) is 0 Å². The van der Waals surface area contributed by atoms with Crippen LogP contribution in [-0.4, -0.2) is 44.9 Å². The maximum Gasteiger partial charge on any atom is 0.414 e. The summed E-state index contributed by atoms with van der Waals surface area (Å²) < 4.78 is 9.95. The Morgan fingerprint density at radius 1 is 1.14 bits per heavy atom. The third kappa shape index (κ3) is 4.28. The van der Waals surface area contributed by atoms with Crippen LogP contribution in [0.1, 0.15) is 26.3 Å². The molecule has 1 fully saturated rings. The van der Waals surface area contributed by atoms with Crippen LogP contribution in [0.4, 0.5) is 16.2 Å². The highest BCUT2D eigenvalue weighted by molar-refractivity contribution is 5.90. The average molecular weight is 493 g/mol. The summed E-state index contributed by atoms with van der Waals surface area (Å²) in [7, 11) is 0. The van der Waals surface area contributed by atoms with Crippen LogP contribution in [0.3, 0.4) is 0 Å². The quantitative estimate of drug-likeness (QED) is 0.330. The Morgan fingerprint density at radius 3 is 2.70 bits per heavy atom. The van der Waals surface area contributed by atoms with Crippen molar-refractivity contribution in [3.8, 4) is 28.3 Å². The molecule has 8 nitrogen and oxygen atoms in total. The normalized spacial score (nSPS) is 16.4. The Bertz CT molecular complexity index is 1530. The van der Waals surface area contributed by atoms with Crippen LogP contribution in [0.25, 0.3) is 33.2 Å². The van der Waals surface area contributed by atoms with E-state index in [9.17, 15) is 4.79 Å². The van der Waals surface area contributed by atoms with E-state index in [2.05, 4.69) is 69.4 Å². The van der Waals surface area contributed by atoms with Crippen LogP contribution < -0.4 is 10.2 Å². The predicted octanol–water partition coefficient (Wildman–Crippen LogP) is 5.63. The molecule has 0 saturated carbocycles. The summed E-state index contributed by atoms with van der Waals surface area (Å²) in [5, 5.41) is 3.42. The van der Waals surface area contributed by atoms with Crippen LogP contribution in [-0.2, 0) is 11.3 Å². The monoisotopic (exact) mass is 492 g/mol. The number of cyclic esters (lactones) is 1. The van der Waals surface area contributed by atoms with Crippen molar-refractivity contribution in [2.24, 2.45) is 0 Å². The van der Waals surface area contributed by atoms with Crippen molar-refractivity contribution in [3.05, 3.63) is 84.1 Å². The summed E-state index contributed by atoms with van der Waals surface area (Å²) in [5.74, 6) is 0.865. The van der Waals surface area contributed by atoms with Crippen molar-refractivity contribution < 1.29 is 9.53 Å². The molecule has 1 amide bonds. The lowest BCUT2D eigenvalue weighted by molar-refractivity contribution is 0.135. The van der Waals surface area contributed by atoms with Crippen LogP contribution in [0.5, 0.6) is 0 Å². The largest absolute Gasteiger partial charge is 0.443 e. The van der Waals surface area contributed by atoms with Crippen LogP contribution in [0, 0.1) is 6.57 Å². The highest BCUT2D eigenvalue weighted by Crippen LogP contribution is 2.36. The highest BCUT2D eigenvalue weighted by atomic mass is 16.6. The molecule has 2 aromatic heterocycles. The minimum atomic E-state index is -0.315. The number of fused-ring (bicyclic) bond motifs is 5. The number of nitrogens with zero attached hydrogens (tertiary/aromatic N) is 5. The average Bonchev–Trinajstić information content (AvgIpc) is 3.59. The predicted molar refractivity (Wildman–Crippen MR) is 143 cm³/mol. The number of anilines is 1. The summed E-state index contributed by atoms with van der Waals surface area (Å²) in [6.45, 7) is 15.3. The van der Waals surface area contributed by atoms with Gasteiger partial charge in [0.15, 0.2) is 11.5 Å². The Kier molecular flexibility index (Phi) is 5.39. The lowest BCUT2D eigenvalue weighted by Gasteiger charge is -2.22. The first kappa shape index (κ1) is 23.1. The van der Waals surface area contributed by atoms with Crippen LogP contribution in [0.2, 0.25) is 0 Å². The number of carbonyl (C=O) groups is 1. The second kappa shape index (κ2) is 8.64. The van der Waals surface area contributed by atoms with Crippen molar-refractivity contribution in [3.63, 3.8) is 0 Å². The van der Waals surface area contributed by atoms with Crippen molar-refractivity contribution in [2.45, 2.75) is 39.0 Å². The Morgan fingerprint density at radius 2 is 1.95 bits per heavy atom. The second-order valence-corrected chi connectivity index (χ2v) is 10.6. The summed E-state index contributed by atoms with van der Waals surface area (Å²) in [6, 6.07) is 15.9. The third-order valence-corrected chi connectivity index (χ3v) is 6.81. The van der Waals surface area contributed by atoms with Gasteiger partial charge >= 0.3 is 6.09 Å². The van der Waals surface area contributed by atoms with Crippen molar-refractivity contribution >= 4 is 17.5 Å². The minimum Gasteiger partial charge on any atom is -0.443 e. The molecule has 2 aromatic carbocycles. The number of carbonyl (C=O) groups excluding carboxylic acids is 1. The molecule has 4 heterocycles. The van der Waals surface area contributed by atoms with Gasteiger partial charge in [-0.2, -0.15) is 0 Å². The van der Waals surface area contributed by atoms with Crippen molar-refractivity contribution in [1.82, 2.24) is 19.4 Å². The molecule has 37 heavy (non-hydrogen) atoms. The molecular weight excluding hydrogens is 464 g/mol. The zero-order chi connectivity index (χ0) is 25.7. The van der Waals surface area contributed by atoms with E-state index in [0.717, 1.165) is 39.6 Å². The van der Waals surface area contributed by atoms with E-state index in [1.54, 1.807) is 4.90 Å². The zero-order valence-electron chi connectivity index (χ0n) is 21.1. The summed E-state index contributed by atoms with van der Waals surface area (Å²) >= 11 is 0. The first-order chi connectivity index (χ1) is 17.8. The highest BCUT2D eigenvalue weighted by Gasteiger charge is 2.33. The number of amides is 1. The van der Waals surface area contributed by atoms with Gasteiger partial charge < -0.3 is 14.6 Å². The van der Waals surface area contributed by atoms with E-state index in [-0.39, 0.29) is 17.7 Å². The molecule has 186 valence electrons. The number of hydrogen-bond acceptors (Lipinski definition) is 4. The number of ether oxygens (including phenoxy) is 1. The SMILES string of the molecule is [C-]#[N+]c1ccc(-c2cc3n(c2)Cc2cc(N4C[C@@H](CNC(C)(C)C)OC4=O)ccc2-n2ccnc2-3)cc1. The second-order valence-electron chi connectivity index (χ2n) is 10.6. The van der Waals surface area contributed by atoms with Crippen LogP contribution >= 0.6 is 0 Å². The molecular formula is C29H28N6O2. The van der Waals surface area contributed by atoms with E-state index in [1.807, 2.05) is 42.7 Å². The van der Waals surface area contributed by atoms with Gasteiger partial charge in [-0.3, -0.25) is 9.47 Å². The number of imidazole rings is 1. The topological polar surface area (TPSA) is 68.7 Å².